The van der Waals surface area contributed by atoms with Crippen LogP contribution in [-0.4, -0.2) is 111 Å². The normalized spacial score (nSPS) is 13.7. The zero-order chi connectivity index (χ0) is 48.5. The minimum absolute atomic E-state index is 0.0289. The van der Waals surface area contributed by atoms with Crippen molar-refractivity contribution in [2.75, 3.05) is 68.6 Å². The van der Waals surface area contributed by atoms with Gasteiger partial charge in [-0.1, -0.05) is 51.1 Å². The van der Waals surface area contributed by atoms with Crippen molar-refractivity contribution in [3.8, 4) is 23.0 Å². The van der Waals surface area contributed by atoms with Crippen molar-refractivity contribution in [2.45, 2.75) is 64.3 Å². The van der Waals surface area contributed by atoms with Gasteiger partial charge in [-0.25, -0.2) is 13.2 Å². The van der Waals surface area contributed by atoms with E-state index in [1.807, 2.05) is 63.2 Å². The Morgan fingerprint density at radius 2 is 1.54 bits per heavy atom. The number of benzene rings is 4. The molecule has 2 heterocycles. The summed E-state index contributed by atoms with van der Waals surface area (Å²) in [4.78, 5) is 58.9. The molecule has 1 aliphatic heterocycles. The number of piperazine rings is 1. The summed E-state index contributed by atoms with van der Waals surface area (Å²) < 4.78 is 44.6. The number of urea groups is 1. The number of nitrogens with two attached hydrogens (primary N) is 1. The van der Waals surface area contributed by atoms with Crippen LogP contribution < -0.4 is 35.3 Å². The number of nitrogens with one attached hydrogen (secondary N) is 3. The maximum absolute atomic E-state index is 13.6. The number of pyridine rings is 1. The number of methoxy groups -OCH3 is 2. The zero-order valence-corrected chi connectivity index (χ0v) is 39.5. The van der Waals surface area contributed by atoms with Gasteiger partial charge < -0.3 is 40.6 Å². The summed E-state index contributed by atoms with van der Waals surface area (Å²) >= 11 is 0. The van der Waals surface area contributed by atoms with Crippen molar-refractivity contribution in [3.63, 3.8) is 0 Å². The highest BCUT2D eigenvalue weighted by Gasteiger charge is 2.25. The van der Waals surface area contributed by atoms with Crippen LogP contribution in [0.15, 0.2) is 85.1 Å². The van der Waals surface area contributed by atoms with Gasteiger partial charge in [-0.05, 0) is 78.4 Å². The summed E-state index contributed by atoms with van der Waals surface area (Å²) in [6.45, 7) is 9.07. The molecule has 1 saturated heterocycles. The Morgan fingerprint density at radius 3 is 2.21 bits per heavy atom. The SMILES string of the molecule is COc1cc(Cc2cc(Oc3ccc(NC(=O)Nc4cc(C(C)(C)C)cc(NS(C)(=O)=O)c4OC)c4ccccc34)ccn2)ccc1C(=O)CCCN1CCN(C(=O)CC[C@H](N)C(=O)O)CC1. The lowest BCUT2D eigenvalue weighted by molar-refractivity contribution is -0.139. The molecule has 356 valence electrons. The number of Topliss-reactive ketones (excluding diaryl/α,β-unsaturated/α-hetero) is 1. The van der Waals surface area contributed by atoms with Crippen molar-refractivity contribution in [1.82, 2.24) is 14.8 Å². The van der Waals surface area contributed by atoms with E-state index >= 15 is 0 Å². The second kappa shape index (κ2) is 21.7. The number of carboxylic acids is 1. The number of ether oxygens (including phenoxy) is 3. The predicted molar refractivity (Wildman–Crippen MR) is 258 cm³/mol. The molecule has 17 nitrogen and oxygen atoms in total. The van der Waals surface area contributed by atoms with Crippen molar-refractivity contribution < 1.29 is 46.9 Å². The molecule has 3 amide bonds. The molecule has 4 aromatic carbocycles. The van der Waals surface area contributed by atoms with Gasteiger partial charge in [0.1, 0.15) is 23.3 Å². The maximum atomic E-state index is 13.6. The molecular formula is C49H59N7O10S. The zero-order valence-electron chi connectivity index (χ0n) is 38.7. The van der Waals surface area contributed by atoms with Crippen LogP contribution in [0.1, 0.15) is 73.6 Å². The highest BCUT2D eigenvalue weighted by atomic mass is 32.2. The Hall–Kier alpha value is -6.76. The van der Waals surface area contributed by atoms with Gasteiger partial charge in [-0.3, -0.25) is 29.0 Å². The Kier molecular flexibility index (Phi) is 16.1. The van der Waals surface area contributed by atoms with Crippen molar-refractivity contribution in [3.05, 3.63) is 107 Å². The molecule has 5 aromatic rings. The number of fused-ring (bicyclic) bond motifs is 1. The first kappa shape index (κ1) is 49.7. The fourth-order valence-electron chi connectivity index (χ4n) is 7.80. The van der Waals surface area contributed by atoms with Gasteiger partial charge in [-0.2, -0.15) is 0 Å². The molecule has 1 aromatic heterocycles. The molecular weight excluding hydrogens is 879 g/mol. The molecule has 1 fully saturated rings. The molecule has 0 saturated carbocycles. The van der Waals surface area contributed by atoms with Crippen LogP contribution in [0.3, 0.4) is 0 Å². The van der Waals surface area contributed by atoms with E-state index in [1.54, 1.807) is 47.5 Å². The molecule has 6 N–H and O–H groups in total. The number of ketones is 1. The number of rotatable bonds is 19. The van der Waals surface area contributed by atoms with E-state index in [0.717, 1.165) is 28.5 Å². The summed E-state index contributed by atoms with van der Waals surface area (Å²) in [5.41, 5.74) is 9.04. The Morgan fingerprint density at radius 1 is 0.836 bits per heavy atom. The van der Waals surface area contributed by atoms with Gasteiger partial charge in [0.25, 0.3) is 0 Å². The molecule has 1 aliphatic rings. The van der Waals surface area contributed by atoms with Crippen molar-refractivity contribution in [1.29, 1.82) is 0 Å². The summed E-state index contributed by atoms with van der Waals surface area (Å²) in [7, 11) is -0.719. The van der Waals surface area contributed by atoms with E-state index in [1.165, 1.54) is 14.2 Å². The molecule has 18 heteroatoms. The Balaban J connectivity index is 1.06. The number of hydrogen-bond donors (Lipinski definition) is 5. The Labute approximate surface area is 391 Å². The second-order valence-corrected chi connectivity index (χ2v) is 19.2. The first-order valence-corrected chi connectivity index (χ1v) is 23.8. The van der Waals surface area contributed by atoms with Crippen molar-refractivity contribution in [2.24, 2.45) is 5.73 Å². The topological polar surface area (TPSA) is 232 Å². The van der Waals surface area contributed by atoms with Crippen LogP contribution >= 0.6 is 0 Å². The number of hydrogen-bond acceptors (Lipinski definition) is 12. The molecule has 1 atom stereocenters. The minimum Gasteiger partial charge on any atom is -0.496 e. The lowest BCUT2D eigenvalue weighted by atomic mass is 9.86. The van der Waals surface area contributed by atoms with Crippen LogP contribution in [0.5, 0.6) is 23.0 Å². The fraction of sp³-hybridized carbons (Fsp3) is 0.367. The largest absolute Gasteiger partial charge is 0.496 e. The average Bonchev–Trinajstić information content (AvgIpc) is 3.28. The smallest absolute Gasteiger partial charge is 0.323 e. The van der Waals surface area contributed by atoms with Crippen LogP contribution in [0.25, 0.3) is 10.8 Å². The number of carbonyl (C=O) groups is 4. The van der Waals surface area contributed by atoms with Gasteiger partial charge in [0.05, 0.1) is 43.1 Å². The number of anilines is 3. The van der Waals surface area contributed by atoms with Gasteiger partial charge in [-0.15, -0.1) is 0 Å². The molecule has 6 rings (SSSR count). The monoisotopic (exact) mass is 937 g/mol. The lowest BCUT2D eigenvalue weighted by Crippen LogP contribution is -2.49. The third kappa shape index (κ3) is 13.4. The summed E-state index contributed by atoms with van der Waals surface area (Å²) in [5, 5.41) is 16.2. The first-order chi connectivity index (χ1) is 31.8. The van der Waals surface area contributed by atoms with Gasteiger partial charge in [0.2, 0.25) is 15.9 Å². The van der Waals surface area contributed by atoms with E-state index in [-0.39, 0.29) is 47.1 Å². The first-order valence-electron chi connectivity index (χ1n) is 21.9. The maximum Gasteiger partial charge on any atom is 0.323 e. The minimum atomic E-state index is -3.66. The van der Waals surface area contributed by atoms with Crippen LogP contribution in [0.2, 0.25) is 0 Å². The number of sulfonamides is 1. The summed E-state index contributed by atoms with van der Waals surface area (Å²) in [6.07, 6.45) is 4.33. The summed E-state index contributed by atoms with van der Waals surface area (Å²) in [5.74, 6) is 0.493. The standard InChI is InChI=1S/C49H59N7O10S/c1-49(2,3)32-28-40(46(65-5)41(29-32)54-67(6,62)63)53-48(61)52-39-16-17-43(36-11-8-7-10-35(36)39)66-34-19-20-51-33(30-34)26-31-13-14-37(44(27-31)64-4)42(57)12-9-21-55-22-24-56(25-23-55)45(58)18-15-38(50)47(59)60/h7-8,10-11,13-14,16-17,19-20,27-30,38,54H,9,12,15,18,21-26,50H2,1-6H3,(H,59,60)(H2,52,53,61)/t38-/m0/s1. The summed E-state index contributed by atoms with van der Waals surface area (Å²) in [6, 6.07) is 22.0. The van der Waals surface area contributed by atoms with Crippen LogP contribution in [-0.2, 0) is 31.4 Å². The quantitative estimate of drug-likeness (QED) is 0.0515. The molecule has 0 bridgehead atoms. The molecule has 0 spiro atoms. The van der Waals surface area contributed by atoms with Gasteiger partial charge in [0, 0.05) is 74.2 Å². The number of aliphatic carboxylic acids is 1. The third-order valence-electron chi connectivity index (χ3n) is 11.4. The number of carbonyl (C=O) groups excluding carboxylic acids is 3. The van der Waals surface area contributed by atoms with E-state index in [2.05, 4.69) is 25.2 Å². The highest BCUT2D eigenvalue weighted by Crippen LogP contribution is 2.40. The molecule has 0 aliphatic carbocycles. The number of nitrogens with zero attached hydrogens (tertiary/aromatic N) is 3. The highest BCUT2D eigenvalue weighted by molar-refractivity contribution is 7.92. The van der Waals surface area contributed by atoms with Gasteiger partial charge in [0.15, 0.2) is 11.5 Å². The lowest BCUT2D eigenvalue weighted by Gasteiger charge is -2.34. The number of carboxylic acid groups (broad SMARTS) is 1. The van der Waals surface area contributed by atoms with Crippen molar-refractivity contribution >= 4 is 61.5 Å². The van der Waals surface area contributed by atoms with E-state index in [4.69, 9.17) is 25.1 Å². The molecule has 0 radical (unpaired) electrons. The van der Waals surface area contributed by atoms with E-state index < -0.39 is 28.1 Å². The number of amides is 3. The fourth-order valence-corrected chi connectivity index (χ4v) is 8.35. The second-order valence-electron chi connectivity index (χ2n) is 17.5. The van der Waals surface area contributed by atoms with E-state index in [9.17, 15) is 27.6 Å². The molecule has 67 heavy (non-hydrogen) atoms. The van der Waals surface area contributed by atoms with E-state index in [0.29, 0.717) is 85.9 Å². The Bertz CT molecular complexity index is 2730. The predicted octanol–water partition coefficient (Wildman–Crippen LogP) is 7.25. The number of aromatic nitrogens is 1. The van der Waals surface area contributed by atoms with Crippen LogP contribution in [0, 0.1) is 0 Å². The third-order valence-corrected chi connectivity index (χ3v) is 12.0. The van der Waals surface area contributed by atoms with Gasteiger partial charge >= 0.3 is 12.0 Å². The van der Waals surface area contributed by atoms with Crippen LogP contribution in [0.4, 0.5) is 21.9 Å². The average molecular weight is 938 g/mol. The molecule has 0 unspecified atom stereocenters.